The number of hydrogen-bond donors (Lipinski definition) is 8. The Kier molecular flexibility index (Phi) is 69.1. The largest absolute Gasteiger partial charge is 0.463 e. The van der Waals surface area contributed by atoms with Gasteiger partial charge in [-0.05, 0) is 106 Å². The summed E-state index contributed by atoms with van der Waals surface area (Å²) in [6, 6.07) is 0. The van der Waals surface area contributed by atoms with E-state index in [4.69, 9.17) is 18.9 Å². The Balaban J connectivity index is -0.000000156. The van der Waals surface area contributed by atoms with Gasteiger partial charge in [-0.2, -0.15) is 0 Å². The fraction of sp³-hybridized carbons (Fsp3) is 0.559. The minimum Gasteiger partial charge on any atom is -0.463 e. The third-order valence-electron chi connectivity index (χ3n) is 11.5. The average Bonchev–Trinajstić information content (AvgIpc) is 1.98. The number of likely N-dealkylation sites (N-methyl/N-ethyl adjacent to an activating group) is 2. The SMILES string of the molecule is C=C(C)C(=O)NC.C=C(C)C(=O)NCC(C)C(=O)NC.C=C(C)C(=O)OCC(C)(C)C(=O)CC.C=C(C)C(=O)OCCCSC(C)C(=O)NC.C=CC(=O)NC.C=CC(=O)NCC(C)C(=O)NC.C=CC(=O)OCC(C)(C)C(=O)CC.C=CC(=O)OCCCSC(C)C(=O)NC. The molecule has 8 amide bonds. The van der Waals surface area contributed by atoms with Crippen LogP contribution in [-0.4, -0.2) is 187 Å². The summed E-state index contributed by atoms with van der Waals surface area (Å²) >= 11 is 3.08. The number of hydrogen-bond acceptors (Lipinski definition) is 20. The first-order chi connectivity index (χ1) is 44.4. The van der Waals surface area contributed by atoms with Gasteiger partial charge in [0.2, 0.25) is 47.3 Å². The van der Waals surface area contributed by atoms with Crippen LogP contribution in [0.4, 0.5) is 0 Å². The monoisotopic (exact) mass is 1400 g/mol. The number of thioether (sulfide) groups is 2. The van der Waals surface area contributed by atoms with E-state index >= 15 is 0 Å². The van der Waals surface area contributed by atoms with Crippen LogP contribution in [0.5, 0.6) is 0 Å². The van der Waals surface area contributed by atoms with Crippen molar-refractivity contribution >= 4 is 106 Å². The number of esters is 4. The summed E-state index contributed by atoms with van der Waals surface area (Å²) in [7, 11) is 9.51. The zero-order valence-electron chi connectivity index (χ0n) is 60.9. The number of amides is 8. The molecular weight excluding hydrogens is 1280 g/mol. The third-order valence-corrected chi connectivity index (χ3v) is 14.0. The molecule has 4 unspecified atom stereocenters. The maximum atomic E-state index is 11.4. The van der Waals surface area contributed by atoms with Crippen molar-refractivity contribution in [1.82, 2.24) is 42.5 Å². The highest BCUT2D eigenvalue weighted by atomic mass is 32.2. The van der Waals surface area contributed by atoms with Crippen LogP contribution in [0.15, 0.2) is 99.2 Å². The summed E-state index contributed by atoms with van der Waals surface area (Å²) in [6.07, 6.45) is 7.02. The highest BCUT2D eigenvalue weighted by molar-refractivity contribution is 8.00. The summed E-state index contributed by atoms with van der Waals surface area (Å²) < 4.78 is 19.4. The van der Waals surface area contributed by atoms with E-state index < -0.39 is 28.7 Å². The van der Waals surface area contributed by atoms with Crippen molar-refractivity contribution < 1.29 is 86.1 Å². The molecule has 0 saturated carbocycles. The molecule has 96 heavy (non-hydrogen) atoms. The number of nitrogens with one attached hydrogen (secondary N) is 8. The summed E-state index contributed by atoms with van der Waals surface area (Å²) in [4.78, 5) is 152. The van der Waals surface area contributed by atoms with E-state index in [-0.39, 0.29) is 100 Å². The maximum absolute atomic E-state index is 11.4. The number of carbonyl (C=O) groups is 14. The quantitative estimate of drug-likeness (QED) is 0.0155. The molecule has 0 aliphatic carbocycles. The molecule has 0 heterocycles. The molecule has 0 spiro atoms. The second kappa shape index (κ2) is 64.0. The second-order valence-electron chi connectivity index (χ2n) is 21.4. The first-order valence-corrected chi connectivity index (χ1v) is 32.5. The maximum Gasteiger partial charge on any atom is 0.333 e. The molecule has 0 aliphatic rings. The Morgan fingerprint density at radius 2 is 0.750 bits per heavy atom. The van der Waals surface area contributed by atoms with Gasteiger partial charge in [0.05, 0.1) is 46.4 Å². The lowest BCUT2D eigenvalue weighted by Crippen LogP contribution is -2.36. The number of ether oxygens (including phenoxy) is 4. The Labute approximate surface area is 580 Å². The molecule has 26 nitrogen and oxygen atoms in total. The Hall–Kier alpha value is -8.40. The predicted octanol–water partition coefficient (Wildman–Crippen LogP) is 6.13. The van der Waals surface area contributed by atoms with Gasteiger partial charge < -0.3 is 61.5 Å². The van der Waals surface area contributed by atoms with E-state index in [1.807, 2.05) is 13.8 Å². The van der Waals surface area contributed by atoms with E-state index in [0.29, 0.717) is 61.4 Å². The molecule has 548 valence electrons. The van der Waals surface area contributed by atoms with Crippen LogP contribution in [-0.2, 0) is 86.1 Å². The van der Waals surface area contributed by atoms with Gasteiger partial charge in [-0.25, -0.2) is 19.2 Å². The Morgan fingerprint density at radius 1 is 0.417 bits per heavy atom. The van der Waals surface area contributed by atoms with Crippen molar-refractivity contribution in [1.29, 1.82) is 0 Å². The van der Waals surface area contributed by atoms with E-state index in [0.717, 1.165) is 36.5 Å². The predicted molar refractivity (Wildman–Crippen MR) is 384 cm³/mol. The highest BCUT2D eigenvalue weighted by Crippen LogP contribution is 2.20. The van der Waals surface area contributed by atoms with Crippen molar-refractivity contribution in [3.8, 4) is 0 Å². The van der Waals surface area contributed by atoms with Gasteiger partial charge in [0.15, 0.2) is 0 Å². The van der Waals surface area contributed by atoms with Crippen LogP contribution >= 0.6 is 23.5 Å². The number of carbonyl (C=O) groups excluding carboxylic acids is 14. The molecule has 0 radical (unpaired) electrons. The minimum atomic E-state index is -0.597. The smallest absolute Gasteiger partial charge is 0.333 e. The van der Waals surface area contributed by atoms with Crippen molar-refractivity contribution in [3.05, 3.63) is 99.2 Å². The van der Waals surface area contributed by atoms with Gasteiger partial charge in [0.25, 0.3) is 0 Å². The molecule has 0 fully saturated rings. The molecule has 0 aromatic heterocycles. The van der Waals surface area contributed by atoms with Gasteiger partial charge in [-0.1, -0.05) is 80.3 Å². The second-order valence-corrected chi connectivity index (χ2v) is 24.3. The molecule has 4 atom stereocenters. The first kappa shape index (κ1) is 104. The topological polar surface area (TPSA) is 372 Å². The van der Waals surface area contributed by atoms with E-state index in [1.54, 1.807) is 137 Å². The molecule has 0 bridgehead atoms. The molecule has 0 aromatic carbocycles. The van der Waals surface area contributed by atoms with E-state index in [1.165, 1.54) is 23.9 Å². The van der Waals surface area contributed by atoms with Gasteiger partial charge in [-0.15, -0.1) is 23.5 Å². The van der Waals surface area contributed by atoms with Crippen LogP contribution in [0.1, 0.15) is 123 Å². The first-order valence-electron chi connectivity index (χ1n) is 30.4. The lowest BCUT2D eigenvalue weighted by Gasteiger charge is -2.21. The number of ketones is 2. The fourth-order valence-corrected chi connectivity index (χ4v) is 7.04. The number of Topliss-reactive ketones (excluding diaryl/α,β-unsaturated/α-hetero) is 2. The molecule has 0 saturated heterocycles. The standard InChI is InChI=1S/C11H19NO3S.C11H18O3.C10H17NO3S.C10H16O3.C9H16N2O2.C8H14N2O2.C5H9NO.C4H7NO/c1-8(2)11(14)15-6-5-7-16-9(3)10(13)12-4;1-6-9(12)11(4,5)7-14-10(13)8(2)3;1-4-9(12)14-6-5-7-15-8(2)10(13)11-3;1-5-8(11)10(3,4)7-13-9(12)6-2;1-6(2)8(12)11-5-7(3)9(13)10-4;1-4-7(11)10-5-6(2)8(12)9-3;1-4(2)5(7)6-3;1-3-4(6)5-2/h9H,1,5-7H2,2-4H3,(H,12,13);2,6-7H2,1,3-5H3;4,8H,1,5-7H2,2-3H3,(H,11,13);6H,2,5,7H2,1,3-4H3;7H,1,5H2,2-4H3,(H,10,13)(H,11,12);4,6H,1,5H2,2-3H3,(H,9,12)(H,10,11);1H2,2-3H3,(H,6,7);3H,1H2,2H3,(H,5,6). The van der Waals surface area contributed by atoms with Gasteiger partial charge in [0, 0.05) is 103 Å². The molecular formula is C68H116N8O18S2. The van der Waals surface area contributed by atoms with E-state index in [9.17, 15) is 67.1 Å². The van der Waals surface area contributed by atoms with Crippen molar-refractivity contribution in [2.75, 3.05) is 93.3 Å². The van der Waals surface area contributed by atoms with Crippen LogP contribution in [0, 0.1) is 22.7 Å². The highest BCUT2D eigenvalue weighted by Gasteiger charge is 2.28. The zero-order chi connectivity index (χ0) is 76.9. The van der Waals surface area contributed by atoms with Gasteiger partial charge >= 0.3 is 23.9 Å². The molecule has 8 N–H and O–H groups in total. The molecule has 28 heteroatoms. The molecule has 0 rings (SSSR count). The van der Waals surface area contributed by atoms with Crippen LogP contribution in [0.3, 0.4) is 0 Å². The fourth-order valence-electron chi connectivity index (χ4n) is 5.23. The van der Waals surface area contributed by atoms with Crippen molar-refractivity contribution in [2.45, 2.75) is 133 Å². The summed E-state index contributed by atoms with van der Waals surface area (Å²) in [5.41, 5.74) is 0.565. The summed E-state index contributed by atoms with van der Waals surface area (Å²) in [6.45, 7) is 52.9. The molecule has 0 aliphatic heterocycles. The van der Waals surface area contributed by atoms with Crippen molar-refractivity contribution in [3.63, 3.8) is 0 Å². The average molecular weight is 1400 g/mol. The Morgan fingerprint density at radius 3 is 1.03 bits per heavy atom. The summed E-state index contributed by atoms with van der Waals surface area (Å²) in [5, 5.41) is 19.9. The minimum absolute atomic E-state index is 0.0167. The van der Waals surface area contributed by atoms with Crippen molar-refractivity contribution in [2.24, 2.45) is 22.7 Å². The Bertz CT molecular complexity index is 2550. The van der Waals surface area contributed by atoms with Crippen LogP contribution in [0.2, 0.25) is 0 Å². The van der Waals surface area contributed by atoms with Crippen LogP contribution in [0.25, 0.3) is 0 Å². The zero-order valence-corrected chi connectivity index (χ0v) is 62.6. The lowest BCUT2D eigenvalue weighted by atomic mass is 9.88. The van der Waals surface area contributed by atoms with Gasteiger partial charge in [0.1, 0.15) is 24.8 Å². The van der Waals surface area contributed by atoms with Crippen LogP contribution < -0.4 is 42.5 Å². The number of rotatable bonds is 34. The lowest BCUT2D eigenvalue weighted by molar-refractivity contribution is -0.146. The third kappa shape index (κ3) is 64.3. The van der Waals surface area contributed by atoms with E-state index in [2.05, 4.69) is 95.2 Å². The van der Waals surface area contributed by atoms with Gasteiger partial charge in [-0.3, -0.25) is 47.9 Å². The normalized spacial score (nSPS) is 10.8. The molecule has 0 aromatic rings. The summed E-state index contributed by atoms with van der Waals surface area (Å²) in [5.74, 6) is -1.20.